The van der Waals surface area contributed by atoms with E-state index in [4.69, 9.17) is 21.1 Å². The van der Waals surface area contributed by atoms with Crippen LogP contribution in [0.4, 0.5) is 10.5 Å². The van der Waals surface area contributed by atoms with Crippen molar-refractivity contribution in [2.45, 2.75) is 101 Å². The van der Waals surface area contributed by atoms with Gasteiger partial charge in [-0.2, -0.15) is 0 Å². The molecule has 3 N–H and O–H groups in total. The van der Waals surface area contributed by atoms with Gasteiger partial charge in [-0.15, -0.1) is 0 Å². The zero-order valence-corrected chi connectivity index (χ0v) is 30.1. The number of anilines is 1. The Morgan fingerprint density at radius 2 is 1.75 bits per heavy atom. The zero-order chi connectivity index (χ0) is 34.8. The number of benzene rings is 2. The molecule has 1 aliphatic heterocycles. The lowest BCUT2D eigenvalue weighted by Gasteiger charge is -2.36. The monoisotopic (exact) mass is 706 g/mol. The molecule has 4 atom stereocenters. The van der Waals surface area contributed by atoms with Crippen LogP contribution in [0, 0.1) is 5.92 Å². The number of rotatable bonds is 8. The molecule has 3 amide bonds. The summed E-state index contributed by atoms with van der Waals surface area (Å²) in [5.41, 5.74) is 0.357. The van der Waals surface area contributed by atoms with Crippen molar-refractivity contribution in [3.8, 4) is 5.75 Å². The maximum Gasteiger partial charge on any atom is 0.317 e. The predicted molar refractivity (Wildman–Crippen MR) is 187 cm³/mol. The third-order valence-corrected chi connectivity index (χ3v) is 10.8. The molecule has 1 heterocycles. The molecule has 13 heteroatoms. The molecule has 0 saturated heterocycles. The van der Waals surface area contributed by atoms with Gasteiger partial charge in [-0.05, 0) is 88.4 Å². The van der Waals surface area contributed by atoms with Crippen molar-refractivity contribution in [2.75, 3.05) is 38.1 Å². The summed E-state index contributed by atoms with van der Waals surface area (Å²) in [6, 6.07) is 9.91. The molecule has 11 nitrogen and oxygen atoms in total. The number of hydrogen-bond donors (Lipinski definition) is 3. The standard InChI is InChI=1S/C35H51ClN4O7S/c1-24-21-40(25(2)23-41)34(42)31-20-29(38-48(44,45)30-16-13-27(36)14-17-30)15-18-32(31)47-26(3)10-8-9-19-46-33(24)22-39(4)35(43)37-28-11-6-5-7-12-28/h13-18,20,24-26,28,33,38,41H,5-12,19,21-23H2,1-4H3,(H,37,43)/t24-,25-,26-,33+/m1/s1. The number of carbonyl (C=O) groups excluding carboxylic acids is 2. The molecule has 0 aromatic heterocycles. The summed E-state index contributed by atoms with van der Waals surface area (Å²) in [5.74, 6) is -0.309. The van der Waals surface area contributed by atoms with Crippen LogP contribution in [0.25, 0.3) is 0 Å². The highest BCUT2D eigenvalue weighted by Crippen LogP contribution is 2.30. The average molecular weight is 707 g/mol. The van der Waals surface area contributed by atoms with Crippen molar-refractivity contribution in [2.24, 2.45) is 5.92 Å². The van der Waals surface area contributed by atoms with Gasteiger partial charge in [-0.3, -0.25) is 9.52 Å². The van der Waals surface area contributed by atoms with Gasteiger partial charge in [0.15, 0.2) is 0 Å². The molecule has 0 radical (unpaired) electrons. The van der Waals surface area contributed by atoms with E-state index in [1.165, 1.54) is 36.8 Å². The number of fused-ring (bicyclic) bond motifs is 1. The molecule has 1 saturated carbocycles. The van der Waals surface area contributed by atoms with Crippen LogP contribution in [0.15, 0.2) is 47.4 Å². The van der Waals surface area contributed by atoms with E-state index in [2.05, 4.69) is 10.0 Å². The predicted octanol–water partition coefficient (Wildman–Crippen LogP) is 5.91. The molecule has 0 bridgehead atoms. The summed E-state index contributed by atoms with van der Waals surface area (Å²) in [7, 11) is -2.22. The molecule has 48 heavy (non-hydrogen) atoms. The number of amides is 3. The molecule has 0 unspecified atom stereocenters. The highest BCUT2D eigenvalue weighted by Gasteiger charge is 2.31. The molecule has 2 aromatic rings. The molecule has 266 valence electrons. The number of likely N-dealkylation sites (N-methyl/N-ethyl adjacent to an activating group) is 1. The number of ether oxygens (including phenoxy) is 2. The van der Waals surface area contributed by atoms with Gasteiger partial charge in [0, 0.05) is 49.4 Å². The number of halogens is 1. The van der Waals surface area contributed by atoms with Crippen LogP contribution in [-0.2, 0) is 14.8 Å². The summed E-state index contributed by atoms with van der Waals surface area (Å²) in [6.07, 6.45) is 7.14. The van der Waals surface area contributed by atoms with Gasteiger partial charge in [0.05, 0.1) is 35.3 Å². The molecule has 1 aliphatic carbocycles. The van der Waals surface area contributed by atoms with Crippen LogP contribution in [0.5, 0.6) is 5.75 Å². The highest BCUT2D eigenvalue weighted by molar-refractivity contribution is 7.92. The van der Waals surface area contributed by atoms with Crippen molar-refractivity contribution in [1.29, 1.82) is 0 Å². The van der Waals surface area contributed by atoms with Crippen molar-refractivity contribution in [1.82, 2.24) is 15.1 Å². The van der Waals surface area contributed by atoms with E-state index >= 15 is 0 Å². The quantitative estimate of drug-likeness (QED) is 0.310. The second-order valence-electron chi connectivity index (χ2n) is 13.2. The van der Waals surface area contributed by atoms with Crippen LogP contribution < -0.4 is 14.8 Å². The van der Waals surface area contributed by atoms with E-state index in [9.17, 15) is 23.1 Å². The summed E-state index contributed by atoms with van der Waals surface area (Å²) in [5, 5.41) is 13.8. The van der Waals surface area contributed by atoms with Crippen LogP contribution in [-0.4, -0.2) is 92.9 Å². The van der Waals surface area contributed by atoms with Crippen LogP contribution in [0.3, 0.4) is 0 Å². The fraction of sp³-hybridized carbons (Fsp3) is 0.600. The van der Waals surface area contributed by atoms with Gasteiger partial charge >= 0.3 is 6.03 Å². The van der Waals surface area contributed by atoms with E-state index in [1.807, 2.05) is 13.8 Å². The Morgan fingerprint density at radius 1 is 1.06 bits per heavy atom. The third-order valence-electron chi connectivity index (χ3n) is 9.16. The molecule has 1 fully saturated rings. The van der Waals surface area contributed by atoms with Crippen molar-refractivity contribution >= 4 is 39.2 Å². The SMILES string of the molecule is C[C@@H]1CCCCO[C@@H](CN(C)C(=O)NC2CCCCC2)[C@H](C)CN([C@H](C)CO)C(=O)c2cc(NS(=O)(=O)c3ccc(Cl)cc3)ccc2O1. The Hall–Kier alpha value is -3.06. The minimum Gasteiger partial charge on any atom is -0.490 e. The number of nitrogens with zero attached hydrogens (tertiary/aromatic N) is 2. The van der Waals surface area contributed by atoms with Crippen molar-refractivity contribution in [3.63, 3.8) is 0 Å². The second-order valence-corrected chi connectivity index (χ2v) is 15.4. The van der Waals surface area contributed by atoms with Crippen molar-refractivity contribution < 1.29 is 32.6 Å². The van der Waals surface area contributed by atoms with E-state index in [0.29, 0.717) is 30.3 Å². The first-order chi connectivity index (χ1) is 22.9. The largest absolute Gasteiger partial charge is 0.490 e. The Labute approximate surface area is 290 Å². The van der Waals surface area contributed by atoms with Gasteiger partial charge in [0.25, 0.3) is 15.9 Å². The number of urea groups is 1. The molecule has 2 aliphatic rings. The maximum absolute atomic E-state index is 14.4. The van der Waals surface area contributed by atoms with E-state index < -0.39 is 22.0 Å². The molecular weight excluding hydrogens is 656 g/mol. The molecule has 2 aromatic carbocycles. The van der Waals surface area contributed by atoms with Gasteiger partial charge in [0.2, 0.25) is 0 Å². The Morgan fingerprint density at radius 3 is 2.44 bits per heavy atom. The Kier molecular flexibility index (Phi) is 13.8. The molecular formula is C35H51ClN4O7S. The number of hydrogen-bond acceptors (Lipinski definition) is 7. The van der Waals surface area contributed by atoms with Crippen molar-refractivity contribution in [3.05, 3.63) is 53.1 Å². The van der Waals surface area contributed by atoms with Crippen LogP contribution in [0.1, 0.15) is 82.5 Å². The molecule has 4 rings (SSSR count). The summed E-state index contributed by atoms with van der Waals surface area (Å²) in [4.78, 5) is 30.7. The zero-order valence-electron chi connectivity index (χ0n) is 28.5. The minimum atomic E-state index is -3.98. The summed E-state index contributed by atoms with van der Waals surface area (Å²) in [6.45, 7) is 6.42. The topological polar surface area (TPSA) is 138 Å². The number of aliphatic hydroxyl groups is 1. The molecule has 0 spiro atoms. The lowest BCUT2D eigenvalue weighted by atomic mass is 9.96. The Bertz CT molecular complexity index is 1470. The van der Waals surface area contributed by atoms with Crippen LogP contribution >= 0.6 is 11.6 Å². The lowest BCUT2D eigenvalue weighted by Crippen LogP contribution is -2.50. The number of nitrogens with one attached hydrogen (secondary N) is 2. The first-order valence-corrected chi connectivity index (χ1v) is 18.9. The maximum atomic E-state index is 14.4. The first-order valence-electron chi connectivity index (χ1n) is 17.0. The highest BCUT2D eigenvalue weighted by atomic mass is 35.5. The number of sulfonamides is 1. The number of aliphatic hydroxyl groups excluding tert-OH is 1. The van der Waals surface area contributed by atoms with E-state index in [-0.39, 0.29) is 59.5 Å². The summed E-state index contributed by atoms with van der Waals surface area (Å²) >= 11 is 5.95. The fourth-order valence-corrected chi connectivity index (χ4v) is 7.34. The first kappa shape index (κ1) is 37.8. The summed E-state index contributed by atoms with van der Waals surface area (Å²) < 4.78 is 41.6. The van der Waals surface area contributed by atoms with Gasteiger partial charge in [-0.1, -0.05) is 37.8 Å². The van der Waals surface area contributed by atoms with Crippen LogP contribution in [0.2, 0.25) is 5.02 Å². The second kappa shape index (κ2) is 17.6. The van der Waals surface area contributed by atoms with Gasteiger partial charge < -0.3 is 29.7 Å². The van der Waals surface area contributed by atoms with Gasteiger partial charge in [-0.25, -0.2) is 13.2 Å². The van der Waals surface area contributed by atoms with Gasteiger partial charge in [0.1, 0.15) is 5.75 Å². The number of carbonyl (C=O) groups is 2. The normalized spacial score (nSPS) is 22.5. The Balaban J connectivity index is 1.61. The lowest BCUT2D eigenvalue weighted by molar-refractivity contribution is -0.0123. The average Bonchev–Trinajstić information content (AvgIpc) is 3.06. The third kappa shape index (κ3) is 10.5. The smallest absolute Gasteiger partial charge is 0.317 e. The van der Waals surface area contributed by atoms with E-state index in [1.54, 1.807) is 35.9 Å². The fourth-order valence-electron chi connectivity index (χ4n) is 6.16. The minimum absolute atomic E-state index is 0.0240. The van der Waals surface area contributed by atoms with E-state index in [0.717, 1.165) is 38.5 Å².